The summed E-state index contributed by atoms with van der Waals surface area (Å²) < 4.78 is 6.10. The molecule has 0 spiro atoms. The highest BCUT2D eigenvalue weighted by Crippen LogP contribution is 2.56. The average Bonchev–Trinajstić information content (AvgIpc) is 2.89. The van der Waals surface area contributed by atoms with E-state index in [4.69, 9.17) is 4.74 Å². The third kappa shape index (κ3) is 2.56. The van der Waals surface area contributed by atoms with E-state index in [1.165, 1.54) is 31.3 Å². The highest BCUT2D eigenvalue weighted by molar-refractivity contribution is 5.20. The quantitative estimate of drug-likeness (QED) is 0.510. The second-order valence-electron chi connectivity index (χ2n) is 6.94. The monoisotopic (exact) mass is 248 g/mol. The molecule has 1 aliphatic heterocycles. The zero-order chi connectivity index (χ0) is 13.4. The molecule has 2 aliphatic rings. The minimum Gasteiger partial charge on any atom is -0.366 e. The lowest BCUT2D eigenvalue weighted by atomic mass is 9.63. The molecule has 102 valence electrons. The number of allylic oxidation sites excluding steroid dienone is 2. The van der Waals surface area contributed by atoms with Crippen LogP contribution in [0.25, 0.3) is 0 Å². The van der Waals surface area contributed by atoms with Crippen LogP contribution in [0.5, 0.6) is 0 Å². The van der Waals surface area contributed by atoms with Crippen molar-refractivity contribution in [2.24, 2.45) is 11.3 Å². The van der Waals surface area contributed by atoms with Crippen LogP contribution < -0.4 is 0 Å². The molecule has 3 atom stereocenters. The van der Waals surface area contributed by atoms with Crippen molar-refractivity contribution in [3.05, 3.63) is 24.3 Å². The Labute approximate surface area is 112 Å². The molecule has 1 heteroatoms. The molecule has 0 bridgehead atoms. The zero-order valence-corrected chi connectivity index (χ0v) is 12.5. The Morgan fingerprint density at radius 3 is 2.67 bits per heavy atom. The van der Waals surface area contributed by atoms with Crippen molar-refractivity contribution in [2.45, 2.75) is 71.5 Å². The van der Waals surface area contributed by atoms with Crippen molar-refractivity contribution in [1.82, 2.24) is 0 Å². The summed E-state index contributed by atoms with van der Waals surface area (Å²) >= 11 is 0. The Hall–Kier alpha value is -0.560. The lowest BCUT2D eigenvalue weighted by Crippen LogP contribution is -2.38. The third-order valence-electron chi connectivity index (χ3n) is 5.03. The van der Waals surface area contributed by atoms with Crippen molar-refractivity contribution in [3.63, 3.8) is 0 Å². The molecule has 0 aromatic heterocycles. The van der Waals surface area contributed by atoms with Gasteiger partial charge in [0.2, 0.25) is 0 Å². The molecule has 0 aromatic carbocycles. The molecular weight excluding hydrogens is 220 g/mol. The van der Waals surface area contributed by atoms with Gasteiger partial charge in [0.25, 0.3) is 0 Å². The van der Waals surface area contributed by atoms with Crippen molar-refractivity contribution in [3.8, 4) is 0 Å². The molecule has 0 N–H and O–H groups in total. The fourth-order valence-corrected chi connectivity index (χ4v) is 3.92. The minimum atomic E-state index is 0.106. The lowest BCUT2D eigenvalue weighted by molar-refractivity contribution is 0.0629. The number of ether oxygens (including phenoxy) is 1. The summed E-state index contributed by atoms with van der Waals surface area (Å²) in [7, 11) is 0. The van der Waals surface area contributed by atoms with E-state index in [9.17, 15) is 0 Å². The summed E-state index contributed by atoms with van der Waals surface area (Å²) in [5.74, 6) is 0.710. The summed E-state index contributed by atoms with van der Waals surface area (Å²) in [6, 6.07) is 0. The van der Waals surface area contributed by atoms with Crippen LogP contribution in [-0.4, -0.2) is 11.7 Å². The van der Waals surface area contributed by atoms with Gasteiger partial charge in [-0.05, 0) is 38.0 Å². The van der Waals surface area contributed by atoms with Gasteiger partial charge in [0, 0.05) is 6.42 Å². The van der Waals surface area contributed by atoms with Crippen molar-refractivity contribution in [1.29, 1.82) is 0 Å². The summed E-state index contributed by atoms with van der Waals surface area (Å²) in [5, 5.41) is 0. The van der Waals surface area contributed by atoms with E-state index in [1.54, 1.807) is 0 Å². The number of hydrogen-bond donors (Lipinski definition) is 0. The maximum Gasteiger partial charge on any atom is 0.0956 e. The summed E-state index contributed by atoms with van der Waals surface area (Å²) in [6.45, 7) is 13.3. The zero-order valence-electron chi connectivity index (χ0n) is 12.5. The topological polar surface area (TPSA) is 12.5 Å². The number of hydrogen-bond acceptors (Lipinski definition) is 1. The van der Waals surface area contributed by atoms with Gasteiger partial charge in [-0.3, -0.25) is 0 Å². The Morgan fingerprint density at radius 1 is 1.33 bits per heavy atom. The fraction of sp³-hybridized carbons (Fsp3) is 0.765. The van der Waals surface area contributed by atoms with Crippen LogP contribution >= 0.6 is 0 Å². The predicted molar refractivity (Wildman–Crippen MR) is 77.6 cm³/mol. The maximum absolute atomic E-state index is 6.10. The van der Waals surface area contributed by atoms with Crippen molar-refractivity contribution >= 4 is 0 Å². The molecule has 3 unspecified atom stereocenters. The molecular formula is C17H28O. The van der Waals surface area contributed by atoms with Gasteiger partial charge in [0.1, 0.15) is 0 Å². The van der Waals surface area contributed by atoms with Crippen LogP contribution in [-0.2, 0) is 4.74 Å². The first-order chi connectivity index (χ1) is 8.40. The van der Waals surface area contributed by atoms with Gasteiger partial charge in [-0.1, -0.05) is 51.0 Å². The molecule has 2 rings (SSSR count). The Kier molecular flexibility index (Phi) is 3.73. The highest BCUT2D eigenvalue weighted by Gasteiger charge is 2.60. The molecule has 0 aromatic rings. The van der Waals surface area contributed by atoms with E-state index in [2.05, 4.69) is 39.5 Å². The largest absolute Gasteiger partial charge is 0.366 e. The van der Waals surface area contributed by atoms with E-state index in [-0.39, 0.29) is 5.60 Å². The number of epoxide rings is 1. The lowest BCUT2D eigenvalue weighted by Gasteiger charge is -2.41. The molecule has 0 radical (unpaired) electrons. The van der Waals surface area contributed by atoms with E-state index in [0.29, 0.717) is 17.4 Å². The Bertz CT molecular complexity index is 353. The third-order valence-corrected chi connectivity index (χ3v) is 5.03. The summed E-state index contributed by atoms with van der Waals surface area (Å²) in [4.78, 5) is 0. The second-order valence-corrected chi connectivity index (χ2v) is 6.94. The molecule has 0 amide bonds. The maximum atomic E-state index is 6.10. The first-order valence-corrected chi connectivity index (χ1v) is 7.38. The smallest absolute Gasteiger partial charge is 0.0956 e. The van der Waals surface area contributed by atoms with Crippen LogP contribution in [0.2, 0.25) is 0 Å². The Balaban J connectivity index is 1.99. The van der Waals surface area contributed by atoms with Gasteiger partial charge in [0.05, 0.1) is 11.7 Å². The average molecular weight is 248 g/mol. The Morgan fingerprint density at radius 2 is 2.06 bits per heavy atom. The summed E-state index contributed by atoms with van der Waals surface area (Å²) in [6.07, 6.45) is 11.0. The molecule has 1 saturated heterocycles. The fourth-order valence-electron chi connectivity index (χ4n) is 3.92. The van der Waals surface area contributed by atoms with Crippen LogP contribution in [0.1, 0.15) is 59.8 Å². The van der Waals surface area contributed by atoms with Gasteiger partial charge in [-0.15, -0.1) is 0 Å². The van der Waals surface area contributed by atoms with Gasteiger partial charge < -0.3 is 4.74 Å². The highest BCUT2D eigenvalue weighted by atomic mass is 16.6. The molecule has 18 heavy (non-hydrogen) atoms. The van der Waals surface area contributed by atoms with E-state index < -0.39 is 0 Å². The molecule has 1 nitrogen and oxygen atoms in total. The first kappa shape index (κ1) is 13.9. The predicted octanol–water partition coefficient (Wildman–Crippen LogP) is 4.88. The van der Waals surface area contributed by atoms with Crippen LogP contribution in [0, 0.1) is 11.3 Å². The van der Waals surface area contributed by atoms with Crippen molar-refractivity contribution in [2.75, 3.05) is 0 Å². The molecule has 1 aliphatic carbocycles. The van der Waals surface area contributed by atoms with Gasteiger partial charge in [0.15, 0.2) is 0 Å². The second kappa shape index (κ2) is 4.85. The van der Waals surface area contributed by atoms with Crippen LogP contribution in [0.15, 0.2) is 24.3 Å². The normalized spacial score (nSPS) is 38.9. The van der Waals surface area contributed by atoms with Crippen LogP contribution in [0.3, 0.4) is 0 Å². The standard InChI is InChI=1S/C17H28O/c1-6-9-13(2)12-15-17(5,18-15)14-10-7-8-11-16(14,3)4/h6,9,14-15H,2,7-8,10-12H2,1,3-5H3/b9-6-. The minimum absolute atomic E-state index is 0.106. The van der Waals surface area contributed by atoms with Crippen LogP contribution in [0.4, 0.5) is 0 Å². The van der Waals surface area contributed by atoms with E-state index >= 15 is 0 Å². The first-order valence-electron chi connectivity index (χ1n) is 7.38. The molecule has 2 fully saturated rings. The van der Waals surface area contributed by atoms with Gasteiger partial charge in [-0.25, -0.2) is 0 Å². The van der Waals surface area contributed by atoms with E-state index in [0.717, 1.165) is 6.42 Å². The van der Waals surface area contributed by atoms with Crippen molar-refractivity contribution < 1.29 is 4.74 Å². The summed E-state index contributed by atoms with van der Waals surface area (Å²) in [5.41, 5.74) is 1.73. The van der Waals surface area contributed by atoms with Gasteiger partial charge >= 0.3 is 0 Å². The molecule has 1 heterocycles. The SMILES string of the molecule is C=C(/C=C\C)CC1OC1(C)C1CCCCC1(C)C. The van der Waals surface area contributed by atoms with E-state index in [1.807, 2.05) is 6.92 Å². The molecule has 1 saturated carbocycles. The number of rotatable bonds is 4. The van der Waals surface area contributed by atoms with Gasteiger partial charge in [-0.2, -0.15) is 0 Å².